The summed E-state index contributed by atoms with van der Waals surface area (Å²) in [5.41, 5.74) is 1.08. The smallest absolute Gasteiger partial charge is 0.306 e. The van der Waals surface area contributed by atoms with Gasteiger partial charge in [0.2, 0.25) is 10.0 Å². The van der Waals surface area contributed by atoms with Crippen LogP contribution in [0.5, 0.6) is 0 Å². The van der Waals surface area contributed by atoms with Gasteiger partial charge in [0, 0.05) is 25.5 Å². The lowest BCUT2D eigenvalue weighted by Crippen LogP contribution is -2.30. The van der Waals surface area contributed by atoms with E-state index in [2.05, 4.69) is 19.8 Å². The quantitative estimate of drug-likeness (QED) is 0.467. The van der Waals surface area contributed by atoms with Gasteiger partial charge in [-0.3, -0.25) is 9.78 Å². The van der Waals surface area contributed by atoms with Crippen molar-refractivity contribution in [2.24, 2.45) is 0 Å². The standard InChI is InChI=1S/C13H21N3O4S/c1-20-13(17)5-9-21(18,19)16-8-3-7-15-11-12-4-2-6-14-10-12/h2,4,6,10,15-16H,3,5,7-9,11H2,1H3. The van der Waals surface area contributed by atoms with Gasteiger partial charge in [0.05, 0.1) is 19.3 Å². The molecule has 0 aliphatic rings. The highest BCUT2D eigenvalue weighted by atomic mass is 32.2. The summed E-state index contributed by atoms with van der Waals surface area (Å²) < 4.78 is 30.0. The zero-order valence-electron chi connectivity index (χ0n) is 12.0. The van der Waals surface area contributed by atoms with Crippen LogP contribution in [0.15, 0.2) is 24.5 Å². The largest absolute Gasteiger partial charge is 0.469 e. The predicted molar refractivity (Wildman–Crippen MR) is 79.0 cm³/mol. The molecule has 1 rings (SSSR count). The number of rotatable bonds is 10. The number of nitrogens with zero attached hydrogens (tertiary/aromatic N) is 1. The monoisotopic (exact) mass is 315 g/mol. The van der Waals surface area contributed by atoms with Crippen molar-refractivity contribution in [1.29, 1.82) is 0 Å². The maximum Gasteiger partial charge on any atom is 0.306 e. The summed E-state index contributed by atoms with van der Waals surface area (Å²) in [6.07, 6.45) is 4.03. The Bertz CT molecular complexity index is 519. The van der Waals surface area contributed by atoms with E-state index in [9.17, 15) is 13.2 Å². The number of carbonyl (C=O) groups is 1. The highest BCUT2D eigenvalue weighted by molar-refractivity contribution is 7.89. The van der Waals surface area contributed by atoms with Crippen LogP contribution in [0.3, 0.4) is 0 Å². The molecule has 0 radical (unpaired) electrons. The van der Waals surface area contributed by atoms with Gasteiger partial charge in [-0.15, -0.1) is 0 Å². The maximum atomic E-state index is 11.6. The Morgan fingerprint density at radius 2 is 2.19 bits per heavy atom. The van der Waals surface area contributed by atoms with Gasteiger partial charge in [-0.1, -0.05) is 6.07 Å². The number of esters is 1. The van der Waals surface area contributed by atoms with Crippen LogP contribution in [0.1, 0.15) is 18.4 Å². The lowest BCUT2D eigenvalue weighted by Gasteiger charge is -2.07. The molecule has 118 valence electrons. The molecular weight excluding hydrogens is 294 g/mol. The molecule has 0 aliphatic heterocycles. The molecule has 0 aliphatic carbocycles. The first-order valence-electron chi connectivity index (χ1n) is 6.67. The van der Waals surface area contributed by atoms with E-state index in [1.54, 1.807) is 12.4 Å². The fraction of sp³-hybridized carbons (Fsp3) is 0.538. The van der Waals surface area contributed by atoms with Crippen molar-refractivity contribution in [2.75, 3.05) is 26.0 Å². The minimum Gasteiger partial charge on any atom is -0.469 e. The number of pyridine rings is 1. The highest BCUT2D eigenvalue weighted by Crippen LogP contribution is 1.95. The zero-order valence-corrected chi connectivity index (χ0v) is 12.9. The van der Waals surface area contributed by atoms with E-state index in [0.29, 0.717) is 26.1 Å². The fourth-order valence-electron chi connectivity index (χ4n) is 1.57. The van der Waals surface area contributed by atoms with Crippen molar-refractivity contribution < 1.29 is 17.9 Å². The number of ether oxygens (including phenoxy) is 1. The van der Waals surface area contributed by atoms with Crippen molar-refractivity contribution in [3.05, 3.63) is 30.1 Å². The SMILES string of the molecule is COC(=O)CCS(=O)(=O)NCCCNCc1cccnc1. The van der Waals surface area contributed by atoms with Crippen molar-refractivity contribution >= 4 is 16.0 Å². The van der Waals surface area contributed by atoms with Crippen LogP contribution in [0, 0.1) is 0 Å². The van der Waals surface area contributed by atoms with E-state index in [4.69, 9.17) is 0 Å². The molecule has 0 unspecified atom stereocenters. The number of carbonyl (C=O) groups excluding carboxylic acids is 1. The fourth-order valence-corrected chi connectivity index (χ4v) is 2.60. The maximum absolute atomic E-state index is 11.6. The van der Waals surface area contributed by atoms with E-state index >= 15 is 0 Å². The Morgan fingerprint density at radius 3 is 2.86 bits per heavy atom. The third-order valence-corrected chi connectivity index (χ3v) is 4.09. The van der Waals surface area contributed by atoms with E-state index in [0.717, 1.165) is 5.56 Å². The molecule has 8 heteroatoms. The number of methoxy groups -OCH3 is 1. The number of hydrogen-bond acceptors (Lipinski definition) is 6. The van der Waals surface area contributed by atoms with Crippen molar-refractivity contribution in [3.63, 3.8) is 0 Å². The normalized spacial score (nSPS) is 11.3. The van der Waals surface area contributed by atoms with E-state index in [1.165, 1.54) is 7.11 Å². The molecule has 0 saturated heterocycles. The molecule has 0 fully saturated rings. The molecule has 0 bridgehead atoms. The second-order valence-corrected chi connectivity index (χ2v) is 6.36. The van der Waals surface area contributed by atoms with Crippen LogP contribution >= 0.6 is 0 Å². The molecule has 0 spiro atoms. The minimum atomic E-state index is -3.41. The summed E-state index contributed by atoms with van der Waals surface area (Å²) in [5, 5.41) is 3.20. The molecule has 0 aromatic carbocycles. The lowest BCUT2D eigenvalue weighted by atomic mass is 10.3. The Morgan fingerprint density at radius 1 is 1.38 bits per heavy atom. The molecule has 0 atom stereocenters. The van der Waals surface area contributed by atoms with E-state index in [-0.39, 0.29) is 12.2 Å². The Kier molecular flexibility index (Phi) is 7.88. The number of hydrogen-bond donors (Lipinski definition) is 2. The third-order valence-electron chi connectivity index (χ3n) is 2.71. The number of sulfonamides is 1. The highest BCUT2D eigenvalue weighted by Gasteiger charge is 2.12. The Labute approximate surface area is 125 Å². The topological polar surface area (TPSA) is 97.4 Å². The second kappa shape index (κ2) is 9.43. The van der Waals surface area contributed by atoms with Crippen molar-refractivity contribution in [1.82, 2.24) is 15.0 Å². The average molecular weight is 315 g/mol. The van der Waals surface area contributed by atoms with E-state index in [1.807, 2.05) is 12.1 Å². The molecule has 1 heterocycles. The van der Waals surface area contributed by atoms with Gasteiger partial charge in [0.15, 0.2) is 0 Å². The van der Waals surface area contributed by atoms with Crippen molar-refractivity contribution in [2.45, 2.75) is 19.4 Å². The first kappa shape index (κ1) is 17.5. The van der Waals surface area contributed by atoms with Crippen LogP contribution < -0.4 is 10.0 Å². The average Bonchev–Trinajstić information content (AvgIpc) is 2.49. The van der Waals surface area contributed by atoms with Crippen LogP contribution in [0.2, 0.25) is 0 Å². The Hall–Kier alpha value is -1.51. The Balaban J connectivity index is 2.09. The molecular formula is C13H21N3O4S. The number of aromatic nitrogens is 1. The van der Waals surface area contributed by atoms with Crippen molar-refractivity contribution in [3.8, 4) is 0 Å². The second-order valence-electron chi connectivity index (χ2n) is 4.43. The van der Waals surface area contributed by atoms with Crippen LogP contribution in [-0.4, -0.2) is 45.3 Å². The van der Waals surface area contributed by atoms with Gasteiger partial charge in [-0.25, -0.2) is 13.1 Å². The molecule has 1 aromatic rings. The van der Waals surface area contributed by atoms with Gasteiger partial charge in [0.25, 0.3) is 0 Å². The summed E-state index contributed by atoms with van der Waals surface area (Å²) in [7, 11) is -2.18. The summed E-state index contributed by atoms with van der Waals surface area (Å²) in [6.45, 7) is 1.72. The van der Waals surface area contributed by atoms with Gasteiger partial charge in [-0.2, -0.15) is 0 Å². The van der Waals surface area contributed by atoms with Gasteiger partial charge >= 0.3 is 5.97 Å². The van der Waals surface area contributed by atoms with Crippen LogP contribution in [0.25, 0.3) is 0 Å². The molecule has 21 heavy (non-hydrogen) atoms. The summed E-state index contributed by atoms with van der Waals surface area (Å²) in [6, 6.07) is 3.84. The van der Waals surface area contributed by atoms with Gasteiger partial charge < -0.3 is 10.1 Å². The first-order chi connectivity index (χ1) is 10.0. The lowest BCUT2D eigenvalue weighted by molar-refractivity contribution is -0.140. The molecule has 0 amide bonds. The molecule has 0 saturated carbocycles. The van der Waals surface area contributed by atoms with Crippen LogP contribution in [0.4, 0.5) is 0 Å². The minimum absolute atomic E-state index is 0.134. The predicted octanol–water partition coefficient (Wildman–Crippen LogP) is 0.0438. The van der Waals surface area contributed by atoms with Gasteiger partial charge in [0.1, 0.15) is 0 Å². The molecule has 2 N–H and O–H groups in total. The molecule has 1 aromatic heterocycles. The molecule has 7 nitrogen and oxygen atoms in total. The number of nitrogens with one attached hydrogen (secondary N) is 2. The van der Waals surface area contributed by atoms with Gasteiger partial charge in [-0.05, 0) is 24.6 Å². The summed E-state index contributed by atoms with van der Waals surface area (Å²) in [5.74, 6) is -0.776. The summed E-state index contributed by atoms with van der Waals surface area (Å²) in [4.78, 5) is 14.9. The third kappa shape index (κ3) is 8.38. The van der Waals surface area contributed by atoms with Crippen LogP contribution in [-0.2, 0) is 26.1 Å². The van der Waals surface area contributed by atoms with E-state index < -0.39 is 16.0 Å². The zero-order chi connectivity index (χ0) is 15.6. The first-order valence-corrected chi connectivity index (χ1v) is 8.32. The summed E-state index contributed by atoms with van der Waals surface area (Å²) >= 11 is 0.